The number of halogens is 1. The Morgan fingerprint density at radius 1 is 1.03 bits per heavy atom. The summed E-state index contributed by atoms with van der Waals surface area (Å²) in [6.45, 7) is 1.93. The molecule has 2 aliphatic heterocycles. The van der Waals surface area contributed by atoms with E-state index in [0.29, 0.717) is 0 Å². The molecule has 6 rings (SSSR count). The van der Waals surface area contributed by atoms with Crippen molar-refractivity contribution in [3.63, 3.8) is 0 Å². The quantitative estimate of drug-likeness (QED) is 0.610. The maximum Gasteiger partial charge on any atom is 0.237 e. The first-order valence-electron chi connectivity index (χ1n) is 10.6. The Balaban J connectivity index is 1.50. The number of likely N-dealkylation sites (N-methyl/N-ethyl adjacent to an activating group) is 1. The molecular formula is C24H23FN4O. The molecule has 0 unspecified atom stereocenters. The zero-order valence-corrected chi connectivity index (χ0v) is 16.9. The van der Waals surface area contributed by atoms with E-state index in [0.717, 1.165) is 65.3 Å². The Morgan fingerprint density at radius 3 is 2.50 bits per heavy atom. The van der Waals surface area contributed by atoms with E-state index in [9.17, 15) is 9.18 Å². The molecule has 3 aromatic rings. The predicted molar refractivity (Wildman–Crippen MR) is 114 cm³/mol. The van der Waals surface area contributed by atoms with Crippen molar-refractivity contribution in [1.82, 2.24) is 14.9 Å². The lowest BCUT2D eigenvalue weighted by Crippen LogP contribution is -2.48. The zero-order chi connectivity index (χ0) is 20.5. The minimum absolute atomic E-state index is 0.191. The lowest BCUT2D eigenvalue weighted by molar-refractivity contribution is -0.124. The van der Waals surface area contributed by atoms with Crippen LogP contribution in [0.2, 0.25) is 0 Å². The molecule has 30 heavy (non-hydrogen) atoms. The molecule has 3 aliphatic rings. The molecule has 4 heterocycles. The number of anilines is 1. The van der Waals surface area contributed by atoms with E-state index in [1.165, 1.54) is 18.9 Å². The van der Waals surface area contributed by atoms with Gasteiger partial charge in [0.15, 0.2) is 0 Å². The number of aromatic nitrogens is 2. The number of carbonyl (C=O) groups is 1. The number of hydrogen-bond donors (Lipinski definition) is 0. The molecule has 6 heteroatoms. The van der Waals surface area contributed by atoms with E-state index < -0.39 is 11.4 Å². The van der Waals surface area contributed by atoms with Gasteiger partial charge in [0.2, 0.25) is 11.9 Å². The molecule has 1 amide bonds. The summed E-state index contributed by atoms with van der Waals surface area (Å²) >= 11 is 0. The molecular weight excluding hydrogens is 379 g/mol. The summed E-state index contributed by atoms with van der Waals surface area (Å²) in [5, 5.41) is 1.02. The molecule has 0 radical (unpaired) electrons. The van der Waals surface area contributed by atoms with Crippen LogP contribution in [0.5, 0.6) is 0 Å². The third-order valence-corrected chi connectivity index (χ3v) is 7.18. The Bertz CT molecular complexity index is 1160. The third kappa shape index (κ3) is 2.53. The third-order valence-electron chi connectivity index (χ3n) is 7.18. The van der Waals surface area contributed by atoms with Crippen LogP contribution in [0.1, 0.15) is 31.2 Å². The lowest BCUT2D eigenvalue weighted by Gasteiger charge is -2.38. The molecule has 2 fully saturated rings. The van der Waals surface area contributed by atoms with Gasteiger partial charge in [0.25, 0.3) is 0 Å². The van der Waals surface area contributed by atoms with Gasteiger partial charge in [-0.1, -0.05) is 6.07 Å². The van der Waals surface area contributed by atoms with Crippen LogP contribution >= 0.6 is 0 Å². The van der Waals surface area contributed by atoms with Crippen molar-refractivity contribution >= 4 is 22.5 Å². The fourth-order valence-corrected chi connectivity index (χ4v) is 5.38. The molecule has 1 saturated carbocycles. The minimum Gasteiger partial charge on any atom is -0.313 e. The van der Waals surface area contributed by atoms with Gasteiger partial charge in [0.05, 0.1) is 22.8 Å². The second-order valence-corrected chi connectivity index (χ2v) is 8.83. The van der Waals surface area contributed by atoms with Crippen molar-refractivity contribution < 1.29 is 9.18 Å². The molecule has 1 saturated heterocycles. The van der Waals surface area contributed by atoms with Crippen LogP contribution in [-0.2, 0) is 10.2 Å². The Labute approximate surface area is 174 Å². The topological polar surface area (TPSA) is 49.3 Å². The van der Waals surface area contributed by atoms with E-state index >= 15 is 0 Å². The summed E-state index contributed by atoms with van der Waals surface area (Å²) in [4.78, 5) is 26.3. The molecule has 152 valence electrons. The van der Waals surface area contributed by atoms with Crippen LogP contribution in [0.15, 0.2) is 42.7 Å². The first-order valence-corrected chi connectivity index (χ1v) is 10.6. The van der Waals surface area contributed by atoms with Crippen LogP contribution in [0.4, 0.5) is 10.1 Å². The first kappa shape index (κ1) is 18.0. The number of nitrogens with zero attached hydrogens (tertiary/aromatic N) is 4. The van der Waals surface area contributed by atoms with Crippen LogP contribution in [-0.4, -0.2) is 47.0 Å². The maximum absolute atomic E-state index is 13.5. The highest BCUT2D eigenvalue weighted by Crippen LogP contribution is 2.51. The van der Waals surface area contributed by atoms with Gasteiger partial charge in [0.1, 0.15) is 0 Å². The average Bonchev–Trinajstić information content (AvgIpc) is 3.60. The highest BCUT2D eigenvalue weighted by molar-refractivity contribution is 6.12. The monoisotopic (exact) mass is 402 g/mol. The van der Waals surface area contributed by atoms with Crippen LogP contribution < -0.4 is 4.90 Å². The SMILES string of the molecule is CN1C(=O)C2(CCN(C3CC3)CC2)c2c1cnc1ccc(-c3ccc(F)nc3)cc21. The first-order chi connectivity index (χ1) is 14.6. The summed E-state index contributed by atoms with van der Waals surface area (Å²) in [5.41, 5.74) is 4.26. The number of hydrogen-bond acceptors (Lipinski definition) is 4. The van der Waals surface area contributed by atoms with Gasteiger partial charge in [0, 0.05) is 35.8 Å². The summed E-state index contributed by atoms with van der Waals surface area (Å²) < 4.78 is 13.3. The van der Waals surface area contributed by atoms with E-state index in [1.807, 2.05) is 25.4 Å². The van der Waals surface area contributed by atoms with Gasteiger partial charge in [-0.3, -0.25) is 9.78 Å². The normalized spacial score (nSPS) is 20.9. The number of fused-ring (bicyclic) bond motifs is 4. The number of benzene rings is 1. The van der Waals surface area contributed by atoms with Crippen LogP contribution in [0, 0.1) is 5.95 Å². The number of rotatable bonds is 2. The smallest absolute Gasteiger partial charge is 0.237 e. The number of carbonyl (C=O) groups excluding carboxylic acids is 1. The van der Waals surface area contributed by atoms with E-state index in [-0.39, 0.29) is 5.91 Å². The molecule has 2 aromatic heterocycles. The fourth-order valence-electron chi connectivity index (χ4n) is 5.38. The summed E-state index contributed by atoms with van der Waals surface area (Å²) in [5.74, 6) is -0.299. The predicted octanol–water partition coefficient (Wildman–Crippen LogP) is 3.91. The van der Waals surface area contributed by atoms with Crippen molar-refractivity contribution in [2.45, 2.75) is 37.1 Å². The van der Waals surface area contributed by atoms with Crippen molar-refractivity contribution in [3.8, 4) is 11.1 Å². The summed E-state index contributed by atoms with van der Waals surface area (Å²) in [6, 6.07) is 9.91. The summed E-state index contributed by atoms with van der Waals surface area (Å²) in [7, 11) is 1.87. The van der Waals surface area contributed by atoms with Gasteiger partial charge in [-0.2, -0.15) is 4.39 Å². The average molecular weight is 402 g/mol. The Kier molecular flexibility index (Phi) is 3.78. The van der Waals surface area contributed by atoms with Crippen molar-refractivity contribution in [2.24, 2.45) is 0 Å². The van der Waals surface area contributed by atoms with Gasteiger partial charge >= 0.3 is 0 Å². The molecule has 0 bridgehead atoms. The standard InChI is InChI=1S/C24H23FN4O/c1-28-20-14-26-19-6-2-15(16-3-7-21(25)27-13-16)12-18(19)22(20)24(23(28)30)8-10-29(11-9-24)17-4-5-17/h2-3,6-7,12-14,17H,4-5,8-11H2,1H3. The van der Waals surface area contributed by atoms with Gasteiger partial charge in [-0.15, -0.1) is 0 Å². The van der Waals surface area contributed by atoms with Crippen molar-refractivity contribution in [2.75, 3.05) is 25.0 Å². The second-order valence-electron chi connectivity index (χ2n) is 8.83. The van der Waals surface area contributed by atoms with Crippen molar-refractivity contribution in [1.29, 1.82) is 0 Å². The number of amides is 1. The lowest BCUT2D eigenvalue weighted by atomic mass is 9.72. The van der Waals surface area contributed by atoms with E-state index in [4.69, 9.17) is 0 Å². The van der Waals surface area contributed by atoms with Crippen molar-refractivity contribution in [3.05, 3.63) is 54.2 Å². The second kappa shape index (κ2) is 6.32. The van der Waals surface area contributed by atoms with Gasteiger partial charge in [-0.05, 0) is 68.6 Å². The molecule has 1 aromatic carbocycles. The molecule has 5 nitrogen and oxygen atoms in total. The zero-order valence-electron chi connectivity index (χ0n) is 16.9. The number of likely N-dealkylation sites (tertiary alicyclic amines) is 1. The highest BCUT2D eigenvalue weighted by atomic mass is 19.1. The van der Waals surface area contributed by atoms with E-state index in [2.05, 4.69) is 20.9 Å². The number of pyridine rings is 2. The molecule has 1 spiro atoms. The largest absolute Gasteiger partial charge is 0.313 e. The molecule has 0 atom stereocenters. The Hall–Kier alpha value is -2.86. The van der Waals surface area contributed by atoms with E-state index in [1.54, 1.807) is 17.2 Å². The fraction of sp³-hybridized carbons (Fsp3) is 0.375. The maximum atomic E-state index is 13.5. The Morgan fingerprint density at radius 2 is 1.80 bits per heavy atom. The van der Waals surface area contributed by atoms with Crippen LogP contribution in [0.3, 0.4) is 0 Å². The van der Waals surface area contributed by atoms with Gasteiger partial charge in [-0.25, -0.2) is 4.98 Å². The summed E-state index contributed by atoms with van der Waals surface area (Å²) in [6.07, 6.45) is 7.67. The molecule has 1 aliphatic carbocycles. The minimum atomic E-state index is -0.490. The number of piperidine rings is 1. The van der Waals surface area contributed by atoms with Crippen LogP contribution in [0.25, 0.3) is 22.0 Å². The van der Waals surface area contributed by atoms with Gasteiger partial charge < -0.3 is 9.80 Å². The molecule has 0 N–H and O–H groups in total. The highest BCUT2D eigenvalue weighted by Gasteiger charge is 2.53.